The van der Waals surface area contributed by atoms with Crippen LogP contribution < -0.4 is 58.6 Å². The third kappa shape index (κ3) is 29.9. The van der Waals surface area contributed by atoms with Crippen molar-refractivity contribution in [3.05, 3.63) is 359 Å². The summed E-state index contributed by atoms with van der Waals surface area (Å²) in [7, 11) is 0. The van der Waals surface area contributed by atoms with Gasteiger partial charge in [-0.1, -0.05) is 248 Å². The van der Waals surface area contributed by atoms with Crippen molar-refractivity contribution in [1.29, 1.82) is 0 Å². The van der Waals surface area contributed by atoms with Crippen LogP contribution in [0.5, 0.6) is 11.5 Å². The Bertz CT molecular complexity index is 6790. The van der Waals surface area contributed by atoms with Crippen LogP contribution in [-0.2, 0) is 15.6 Å². The highest BCUT2D eigenvalue weighted by Crippen LogP contribution is 2.45. The molecule has 4 atom stereocenters. The highest BCUT2D eigenvalue weighted by Gasteiger charge is 2.41. The van der Waals surface area contributed by atoms with Crippen LogP contribution in [0.25, 0.3) is 60.3 Å². The van der Waals surface area contributed by atoms with Gasteiger partial charge in [-0.25, -0.2) is 24.4 Å². The fourth-order valence-corrected chi connectivity index (χ4v) is 16.7. The van der Waals surface area contributed by atoms with Crippen LogP contribution in [0.1, 0.15) is 175 Å². The van der Waals surface area contributed by atoms with Crippen molar-refractivity contribution in [2.24, 2.45) is 5.73 Å². The lowest BCUT2D eigenvalue weighted by atomic mass is 9.70. The van der Waals surface area contributed by atoms with E-state index in [0.29, 0.717) is 110 Å². The maximum absolute atomic E-state index is 13.1. The summed E-state index contributed by atoms with van der Waals surface area (Å²) in [5, 5.41) is 57.1. The van der Waals surface area contributed by atoms with E-state index in [0.717, 1.165) is 95.4 Å². The van der Waals surface area contributed by atoms with Crippen molar-refractivity contribution in [1.82, 2.24) is 40.9 Å². The number of pyridine rings is 5. The summed E-state index contributed by atoms with van der Waals surface area (Å²) in [5.41, 5.74) is 36.5. The molecule has 142 heavy (non-hydrogen) atoms. The number of hydrogen-bond acceptors (Lipinski definition) is 20. The van der Waals surface area contributed by atoms with E-state index in [1.54, 1.807) is 104 Å². The first-order valence-corrected chi connectivity index (χ1v) is 47.6. The number of aliphatic hydroxyl groups is 4. The van der Waals surface area contributed by atoms with Crippen LogP contribution in [0.2, 0.25) is 0 Å². The Morgan fingerprint density at radius 3 is 1.29 bits per heavy atom. The Kier molecular flexibility index (Phi) is 36.8. The maximum atomic E-state index is 13.1. The normalized spacial score (nSPS) is 15.1. The van der Waals surface area contributed by atoms with Crippen molar-refractivity contribution in [3.63, 3.8) is 0 Å². The van der Waals surface area contributed by atoms with Gasteiger partial charge in [0.2, 0.25) is 0 Å². The van der Waals surface area contributed by atoms with Gasteiger partial charge in [-0.05, 0) is 241 Å². The number of amides is 6. The Labute approximate surface area is 845 Å². The van der Waals surface area contributed by atoms with Crippen LogP contribution in [0.4, 0.5) is 54.5 Å². The molecule has 3 aliphatic rings. The molecule has 16 N–H and O–H groups in total. The number of carbonyl (C=O) groups is 5. The SMILES string of the molecule is CC1(C)C[C@@H](O)[C@H](N)c2ccc(Br)cc21.Cc1cc(N)c(-c2ccccc2)nc1C(=O)NCC(C)(C)O.Cc1ccc(OC(=O)Nc2cc(C)c(C(=O)NCC(C)(C)O)nc2-c2ccccc2)cc1.Cc1cnc(C2=CCOCC2)c(N)c1.[C-]#[N+]c1nc(-c2ccccc2)c(NC(=O)N[C@@H]2c3ccc(Br)cc3C(C)(C)C[C@H]2O)cc1C.[C-]#[N+]c1nc(-c2ccccc2)c(NC(=O)Oc2ccc(C)cc2)cc1C. The zero-order chi connectivity index (χ0) is 103. The number of anilines is 5. The summed E-state index contributed by atoms with van der Waals surface area (Å²) in [6.07, 6.45) is 3.62. The second kappa shape index (κ2) is 48.5. The van der Waals surface area contributed by atoms with E-state index in [-0.39, 0.29) is 41.6 Å². The Morgan fingerprint density at radius 1 is 0.479 bits per heavy atom. The Hall–Kier alpha value is -14.7. The first-order chi connectivity index (χ1) is 67.3. The first-order valence-electron chi connectivity index (χ1n) is 46.0. The van der Waals surface area contributed by atoms with E-state index in [1.807, 2.05) is 203 Å². The van der Waals surface area contributed by atoms with Crippen LogP contribution in [0, 0.1) is 61.6 Å². The minimum absolute atomic E-state index is 0.00556. The second-order valence-electron chi connectivity index (χ2n) is 37.4. The third-order valence-corrected chi connectivity index (χ3v) is 24.2. The number of rotatable bonds is 17. The lowest BCUT2D eigenvalue weighted by Crippen LogP contribution is -2.45. The number of nitrogens with zero attached hydrogens (tertiary/aromatic N) is 7. The predicted molar refractivity (Wildman–Crippen MR) is 568 cm³/mol. The van der Waals surface area contributed by atoms with Gasteiger partial charge in [-0.3, -0.25) is 25.2 Å². The maximum Gasteiger partial charge on any atom is 0.417 e. The third-order valence-electron chi connectivity index (χ3n) is 23.2. The molecule has 6 heterocycles. The number of benzene rings is 8. The van der Waals surface area contributed by atoms with Crippen LogP contribution in [0.15, 0.2) is 258 Å². The molecular formula is C112H120Br2N16O12. The molecular weight excluding hydrogens is 1920 g/mol. The van der Waals surface area contributed by atoms with Crippen molar-refractivity contribution in [3.8, 4) is 56.5 Å². The smallest absolute Gasteiger partial charge is 0.410 e. The summed E-state index contributed by atoms with van der Waals surface area (Å²) in [6.45, 7) is 44.3. The number of ether oxygens (including phenoxy) is 3. The first kappa shape index (κ1) is 108. The van der Waals surface area contributed by atoms with Crippen molar-refractivity contribution in [2.75, 3.05) is 53.7 Å². The molecule has 0 radical (unpaired) electrons. The van der Waals surface area contributed by atoms with Gasteiger partial charge in [0, 0.05) is 50.5 Å². The molecule has 0 saturated carbocycles. The van der Waals surface area contributed by atoms with Gasteiger partial charge in [-0.15, -0.1) is 9.97 Å². The highest BCUT2D eigenvalue weighted by atomic mass is 79.9. The highest BCUT2D eigenvalue weighted by molar-refractivity contribution is 9.10. The number of urea groups is 1. The lowest BCUT2D eigenvalue weighted by molar-refractivity contribution is 0.0691. The minimum Gasteiger partial charge on any atom is -0.410 e. The number of hydrogen-bond donors (Lipinski definition) is 13. The number of carbonyl (C=O) groups excluding carboxylic acids is 5. The molecule has 8 aromatic carbocycles. The monoisotopic (exact) mass is 2040 g/mol. The van der Waals surface area contributed by atoms with Crippen LogP contribution >= 0.6 is 31.9 Å². The molecule has 16 rings (SSSR count). The summed E-state index contributed by atoms with van der Waals surface area (Å²) in [4.78, 5) is 92.1. The quantitative estimate of drug-likeness (QED) is 0.0377. The molecule has 0 spiro atoms. The molecule has 13 aromatic rings. The van der Waals surface area contributed by atoms with Gasteiger partial charge in [0.05, 0.1) is 94.2 Å². The molecule has 0 bridgehead atoms. The summed E-state index contributed by atoms with van der Waals surface area (Å²) in [6, 6.07) is 71.6. The van der Waals surface area contributed by atoms with Gasteiger partial charge in [0.1, 0.15) is 22.9 Å². The van der Waals surface area contributed by atoms with Crippen LogP contribution in [-0.4, -0.2) is 125 Å². The molecule has 0 unspecified atom stereocenters. The van der Waals surface area contributed by atoms with Gasteiger partial charge in [0.25, 0.3) is 23.5 Å². The van der Waals surface area contributed by atoms with Gasteiger partial charge >= 0.3 is 18.2 Å². The molecule has 2 aliphatic carbocycles. The number of nitrogens with one attached hydrogen (secondary N) is 6. The minimum atomic E-state index is -1.05. The zero-order valence-electron chi connectivity index (χ0n) is 82.1. The van der Waals surface area contributed by atoms with Gasteiger partial charge in [-0.2, -0.15) is 0 Å². The number of aliphatic hydroxyl groups excluding tert-OH is 2. The molecule has 6 amide bonds. The average Bonchev–Trinajstić information content (AvgIpc) is 0.764. The molecule has 734 valence electrons. The number of aryl methyl sites for hydroxylation is 7. The number of nitrogens with two attached hydrogens (primary N) is 3. The number of nitrogen functional groups attached to an aromatic ring is 2. The number of halogens is 2. The number of aromatic nitrogens is 5. The van der Waals surface area contributed by atoms with Crippen molar-refractivity contribution < 1.29 is 58.6 Å². The Morgan fingerprint density at radius 2 is 0.866 bits per heavy atom. The lowest BCUT2D eigenvalue weighted by Gasteiger charge is -2.40. The predicted octanol–water partition coefficient (Wildman–Crippen LogP) is 22.7. The molecule has 30 heteroatoms. The molecule has 0 saturated heterocycles. The van der Waals surface area contributed by atoms with E-state index in [4.69, 9.17) is 44.6 Å². The van der Waals surface area contributed by atoms with E-state index in [1.165, 1.54) is 11.1 Å². The topological polar surface area (TPSA) is 417 Å². The fraction of sp³-hybridized carbons (Fsp3) is 0.268. The van der Waals surface area contributed by atoms with E-state index >= 15 is 0 Å². The van der Waals surface area contributed by atoms with Crippen molar-refractivity contribution in [2.45, 2.75) is 169 Å². The standard InChI is InChI=1S/C26H25BrN4O2.C25H27N3O4.C21H17N3O2.C17H21N3O2.C12H16BrNO.C11H14N2O/c1-15-12-20(22(30-24(15)28-4)16-8-6-5-7-9-16)29-25(33)31-23-18-11-10-17(27)13-19(18)26(2,3)14-21(23)32;1-16-10-12-19(13-11-16)32-24(30)27-20-14-17(2)21(23(29)26-15-25(3,4)31)28-22(20)18-8-6-5-7-9-18;1-14-9-11-17(12-10-14)26-21(25)23-18-13-15(2)20(22-3)24-19(18)16-7-5-4-6-8-16;1-11-9-13(18)15(12-7-5-4-6-8-12)20-14(11)16(21)19-10-17(2,3)22;1-12(2)6-10(15)11(14)8-4-3-7(13)5-9(8)12;1-8-6-10(12)11(13-7-8)9-2-4-14-5-3-9/h5-13,21,23,32H,14H2,1-3H3,(H2,29,31,33);5-14,31H,15H2,1-4H3,(H,26,29)(H,27,30);4-13H,1-2H3,(H,23,25);4-9,22H,10,18H2,1-3H3,(H,19,21);3-5,10-11,15H,6,14H2,1-2H3;2,6-7H,3-5,12H2,1H3/t21-,23-;;;;10-,11-;/m1...1./s1. The Balaban J connectivity index is 0.000000167. The van der Waals surface area contributed by atoms with E-state index in [2.05, 4.69) is 144 Å². The van der Waals surface area contributed by atoms with E-state index in [9.17, 15) is 44.4 Å². The summed E-state index contributed by atoms with van der Waals surface area (Å²) >= 11 is 7.00. The molecule has 0 fully saturated rings. The second-order valence-corrected chi connectivity index (χ2v) is 39.2. The fourth-order valence-electron chi connectivity index (χ4n) is 16.0. The number of fused-ring (bicyclic) bond motifs is 2. The van der Waals surface area contributed by atoms with E-state index < -0.39 is 53.6 Å². The van der Waals surface area contributed by atoms with Gasteiger partial charge < -0.3 is 82.8 Å². The molecule has 1 aliphatic heterocycles. The summed E-state index contributed by atoms with van der Waals surface area (Å²) in [5.74, 6) is 0.747. The largest absolute Gasteiger partial charge is 0.417 e. The summed E-state index contributed by atoms with van der Waals surface area (Å²) < 4.78 is 18.0. The van der Waals surface area contributed by atoms with Crippen molar-refractivity contribution >= 4 is 108 Å². The van der Waals surface area contributed by atoms with Crippen LogP contribution in [0.3, 0.4) is 0 Å². The molecule has 5 aromatic heterocycles. The molecule has 28 nitrogen and oxygen atoms in total. The zero-order valence-corrected chi connectivity index (χ0v) is 85.3. The average molecular weight is 2040 g/mol. The van der Waals surface area contributed by atoms with Gasteiger partial charge in [0.15, 0.2) is 11.4 Å².